The molecule has 1 aromatic heterocycles. The molecule has 0 aliphatic heterocycles. The second kappa shape index (κ2) is 3.10. The maximum Gasteiger partial charge on any atom is 0.243 e. The van der Waals surface area contributed by atoms with Crippen molar-refractivity contribution in [2.45, 2.75) is 32.2 Å². The van der Waals surface area contributed by atoms with E-state index in [2.05, 4.69) is 22.4 Å². The van der Waals surface area contributed by atoms with Crippen LogP contribution < -0.4 is 5.32 Å². The van der Waals surface area contributed by atoms with Crippen LogP contribution in [0.2, 0.25) is 0 Å². The molecule has 0 bridgehead atoms. The summed E-state index contributed by atoms with van der Waals surface area (Å²) in [5, 5.41) is 7.04. The average Bonchev–Trinajstić information content (AvgIpc) is 2.70. The van der Waals surface area contributed by atoms with E-state index in [0.29, 0.717) is 11.8 Å². The molecule has 1 aliphatic rings. The van der Waals surface area contributed by atoms with Crippen molar-refractivity contribution in [2.75, 3.05) is 7.05 Å². The Balaban J connectivity index is 2.09. The highest BCUT2D eigenvalue weighted by atomic mass is 16.5. The van der Waals surface area contributed by atoms with Crippen LogP contribution in [-0.2, 0) is 0 Å². The van der Waals surface area contributed by atoms with Crippen molar-refractivity contribution in [3.63, 3.8) is 0 Å². The fourth-order valence-corrected chi connectivity index (χ4v) is 1.38. The maximum absolute atomic E-state index is 5.14. The van der Waals surface area contributed by atoms with Gasteiger partial charge in [-0.2, -0.15) is 4.98 Å². The summed E-state index contributed by atoms with van der Waals surface area (Å²) in [6, 6.07) is 0.148. The van der Waals surface area contributed by atoms with E-state index in [1.807, 2.05) is 14.0 Å². The lowest BCUT2D eigenvalue weighted by Gasteiger charge is -2.01. The fraction of sp³-hybridized carbons (Fsp3) is 0.778. The Hall–Kier alpha value is -0.900. The van der Waals surface area contributed by atoms with E-state index in [1.54, 1.807) is 0 Å². The van der Waals surface area contributed by atoms with Crippen molar-refractivity contribution in [1.82, 2.24) is 15.5 Å². The first-order chi connectivity index (χ1) is 6.22. The maximum atomic E-state index is 5.14. The van der Waals surface area contributed by atoms with Crippen LogP contribution >= 0.6 is 0 Å². The molecule has 2 rings (SSSR count). The standard InChI is InChI=1S/C9H15N3O/c1-5-4-7(5)8-11-9(13-12-8)6(2)10-3/h5-7,10H,4H2,1-3H3. The summed E-state index contributed by atoms with van der Waals surface area (Å²) in [4.78, 5) is 4.35. The van der Waals surface area contributed by atoms with Gasteiger partial charge in [0.25, 0.3) is 0 Å². The molecule has 13 heavy (non-hydrogen) atoms. The van der Waals surface area contributed by atoms with Gasteiger partial charge in [0, 0.05) is 5.92 Å². The molecule has 1 aliphatic carbocycles. The van der Waals surface area contributed by atoms with Gasteiger partial charge in [-0.3, -0.25) is 0 Å². The number of nitrogens with one attached hydrogen (secondary N) is 1. The Morgan fingerprint density at radius 2 is 2.31 bits per heavy atom. The van der Waals surface area contributed by atoms with Crippen LogP contribution in [0.3, 0.4) is 0 Å². The van der Waals surface area contributed by atoms with E-state index in [0.717, 1.165) is 11.7 Å². The Kier molecular flexibility index (Phi) is 2.07. The molecule has 0 amide bonds. The molecule has 1 N–H and O–H groups in total. The predicted octanol–water partition coefficient (Wildman–Crippen LogP) is 1.47. The van der Waals surface area contributed by atoms with Crippen molar-refractivity contribution in [1.29, 1.82) is 0 Å². The highest BCUT2D eigenvalue weighted by molar-refractivity contribution is 5.08. The summed E-state index contributed by atoms with van der Waals surface area (Å²) >= 11 is 0. The lowest BCUT2D eigenvalue weighted by atomic mass is 10.3. The summed E-state index contributed by atoms with van der Waals surface area (Å²) in [6.07, 6.45) is 1.20. The zero-order valence-corrected chi connectivity index (χ0v) is 8.24. The van der Waals surface area contributed by atoms with Gasteiger partial charge in [-0.15, -0.1) is 0 Å². The summed E-state index contributed by atoms with van der Waals surface area (Å²) < 4.78 is 5.14. The van der Waals surface area contributed by atoms with Crippen molar-refractivity contribution in [3.05, 3.63) is 11.7 Å². The van der Waals surface area contributed by atoms with Crippen LogP contribution in [0.5, 0.6) is 0 Å². The highest BCUT2D eigenvalue weighted by Crippen LogP contribution is 2.45. The summed E-state index contributed by atoms with van der Waals surface area (Å²) in [6.45, 7) is 4.22. The Labute approximate surface area is 77.7 Å². The molecule has 0 radical (unpaired) electrons. The molecule has 0 aromatic carbocycles. The van der Waals surface area contributed by atoms with Crippen LogP contribution in [0.1, 0.15) is 43.9 Å². The smallest absolute Gasteiger partial charge is 0.243 e. The number of aromatic nitrogens is 2. The third-order valence-corrected chi connectivity index (χ3v) is 2.70. The second-order valence-corrected chi connectivity index (χ2v) is 3.82. The van der Waals surface area contributed by atoms with Gasteiger partial charge in [0.05, 0.1) is 6.04 Å². The fourth-order valence-electron chi connectivity index (χ4n) is 1.38. The number of rotatable bonds is 3. The lowest BCUT2D eigenvalue weighted by Crippen LogP contribution is -2.12. The summed E-state index contributed by atoms with van der Waals surface area (Å²) in [7, 11) is 1.88. The van der Waals surface area contributed by atoms with Crippen molar-refractivity contribution >= 4 is 0 Å². The molecule has 4 nitrogen and oxygen atoms in total. The van der Waals surface area contributed by atoms with Crippen LogP contribution in [0, 0.1) is 5.92 Å². The van der Waals surface area contributed by atoms with E-state index in [4.69, 9.17) is 4.52 Å². The van der Waals surface area contributed by atoms with Gasteiger partial charge in [0.2, 0.25) is 5.89 Å². The van der Waals surface area contributed by atoms with E-state index in [-0.39, 0.29) is 6.04 Å². The van der Waals surface area contributed by atoms with Crippen LogP contribution in [0.15, 0.2) is 4.52 Å². The minimum absolute atomic E-state index is 0.148. The van der Waals surface area contributed by atoms with Crippen molar-refractivity contribution < 1.29 is 4.52 Å². The topological polar surface area (TPSA) is 51.0 Å². The van der Waals surface area contributed by atoms with Crippen LogP contribution in [0.4, 0.5) is 0 Å². The molecular formula is C9H15N3O. The Morgan fingerprint density at radius 1 is 1.62 bits per heavy atom. The molecule has 3 unspecified atom stereocenters. The van der Waals surface area contributed by atoms with E-state index in [9.17, 15) is 0 Å². The van der Waals surface area contributed by atoms with Crippen molar-refractivity contribution in [3.8, 4) is 0 Å². The second-order valence-electron chi connectivity index (χ2n) is 3.82. The summed E-state index contributed by atoms with van der Waals surface area (Å²) in [5.41, 5.74) is 0. The molecule has 1 heterocycles. The molecular weight excluding hydrogens is 166 g/mol. The van der Waals surface area contributed by atoms with E-state index >= 15 is 0 Å². The molecule has 1 fully saturated rings. The Bertz CT molecular complexity index is 278. The van der Waals surface area contributed by atoms with Gasteiger partial charge in [-0.05, 0) is 26.3 Å². The average molecular weight is 181 g/mol. The lowest BCUT2D eigenvalue weighted by molar-refractivity contribution is 0.343. The van der Waals surface area contributed by atoms with Gasteiger partial charge < -0.3 is 9.84 Å². The first-order valence-corrected chi connectivity index (χ1v) is 4.73. The highest BCUT2D eigenvalue weighted by Gasteiger charge is 2.38. The zero-order valence-electron chi connectivity index (χ0n) is 8.24. The normalized spacial score (nSPS) is 28.8. The number of hydrogen-bond acceptors (Lipinski definition) is 4. The van der Waals surface area contributed by atoms with Gasteiger partial charge in [0.15, 0.2) is 5.82 Å². The minimum atomic E-state index is 0.148. The minimum Gasteiger partial charge on any atom is -0.338 e. The predicted molar refractivity (Wildman–Crippen MR) is 48.3 cm³/mol. The molecule has 0 saturated heterocycles. The first-order valence-electron chi connectivity index (χ1n) is 4.73. The monoisotopic (exact) mass is 181 g/mol. The molecule has 1 saturated carbocycles. The molecule has 72 valence electrons. The zero-order chi connectivity index (χ0) is 9.42. The van der Waals surface area contributed by atoms with Crippen LogP contribution in [-0.4, -0.2) is 17.2 Å². The largest absolute Gasteiger partial charge is 0.338 e. The number of hydrogen-bond donors (Lipinski definition) is 1. The van der Waals surface area contributed by atoms with Gasteiger partial charge in [0.1, 0.15) is 0 Å². The molecule has 4 heteroatoms. The van der Waals surface area contributed by atoms with E-state index in [1.165, 1.54) is 6.42 Å². The van der Waals surface area contributed by atoms with Gasteiger partial charge in [-0.25, -0.2) is 0 Å². The first kappa shape index (κ1) is 8.69. The van der Waals surface area contributed by atoms with Gasteiger partial charge in [-0.1, -0.05) is 12.1 Å². The molecule has 0 spiro atoms. The SMILES string of the molecule is CNC(C)c1nc(C2CC2C)no1. The number of nitrogens with zero attached hydrogens (tertiary/aromatic N) is 2. The summed E-state index contributed by atoms with van der Waals surface area (Å²) in [5.74, 6) is 2.85. The van der Waals surface area contributed by atoms with E-state index < -0.39 is 0 Å². The Morgan fingerprint density at radius 3 is 2.85 bits per heavy atom. The third kappa shape index (κ3) is 1.58. The van der Waals surface area contributed by atoms with Gasteiger partial charge >= 0.3 is 0 Å². The molecule has 3 atom stereocenters. The third-order valence-electron chi connectivity index (χ3n) is 2.70. The molecule has 1 aromatic rings. The van der Waals surface area contributed by atoms with Crippen molar-refractivity contribution in [2.24, 2.45) is 5.92 Å². The van der Waals surface area contributed by atoms with Crippen LogP contribution in [0.25, 0.3) is 0 Å². The quantitative estimate of drug-likeness (QED) is 0.767.